The molecule has 108 valence electrons. The summed E-state index contributed by atoms with van der Waals surface area (Å²) in [5.74, 6) is 0.941. The standard InChI is InChI=1S/C16H23N3O/c1-4-15(14-8-6-7-9-16(14)20-3)18-11-13-10-17-12-19(13)5-2/h6-10,12,15,18H,4-5,11H2,1-3H3. The lowest BCUT2D eigenvalue weighted by molar-refractivity contribution is 0.395. The number of methoxy groups -OCH3 is 1. The molecular weight excluding hydrogens is 250 g/mol. The minimum atomic E-state index is 0.284. The number of ether oxygens (including phenoxy) is 1. The Hall–Kier alpha value is -1.81. The molecule has 2 aromatic rings. The molecule has 0 saturated carbocycles. The van der Waals surface area contributed by atoms with Crippen molar-refractivity contribution in [2.24, 2.45) is 0 Å². The van der Waals surface area contributed by atoms with Crippen LogP contribution in [0.25, 0.3) is 0 Å². The summed E-state index contributed by atoms with van der Waals surface area (Å²) in [5.41, 5.74) is 2.42. The molecule has 1 N–H and O–H groups in total. The van der Waals surface area contributed by atoms with Crippen LogP contribution in [0.3, 0.4) is 0 Å². The third-order valence-corrected chi connectivity index (χ3v) is 3.59. The molecule has 1 aromatic carbocycles. The van der Waals surface area contributed by atoms with Crippen molar-refractivity contribution in [1.82, 2.24) is 14.9 Å². The fourth-order valence-corrected chi connectivity index (χ4v) is 2.44. The molecule has 0 aliphatic heterocycles. The first-order valence-electron chi connectivity index (χ1n) is 7.15. The second kappa shape index (κ2) is 7.10. The first-order chi connectivity index (χ1) is 9.80. The third-order valence-electron chi connectivity index (χ3n) is 3.59. The normalized spacial score (nSPS) is 12.3. The van der Waals surface area contributed by atoms with Gasteiger partial charge in [-0.2, -0.15) is 0 Å². The van der Waals surface area contributed by atoms with Gasteiger partial charge in [-0.25, -0.2) is 4.98 Å². The van der Waals surface area contributed by atoms with E-state index in [1.807, 2.05) is 24.7 Å². The van der Waals surface area contributed by atoms with E-state index in [1.165, 1.54) is 11.3 Å². The van der Waals surface area contributed by atoms with Gasteiger partial charge in [-0.3, -0.25) is 0 Å². The Morgan fingerprint density at radius 1 is 1.30 bits per heavy atom. The lowest BCUT2D eigenvalue weighted by Gasteiger charge is -2.20. The van der Waals surface area contributed by atoms with E-state index in [0.29, 0.717) is 0 Å². The maximum Gasteiger partial charge on any atom is 0.123 e. The molecule has 0 radical (unpaired) electrons. The molecule has 0 spiro atoms. The topological polar surface area (TPSA) is 39.1 Å². The van der Waals surface area contributed by atoms with Gasteiger partial charge in [0.2, 0.25) is 0 Å². The summed E-state index contributed by atoms with van der Waals surface area (Å²) in [6.07, 6.45) is 4.81. The number of rotatable bonds is 7. The fourth-order valence-electron chi connectivity index (χ4n) is 2.44. The fraction of sp³-hybridized carbons (Fsp3) is 0.438. The molecule has 20 heavy (non-hydrogen) atoms. The highest BCUT2D eigenvalue weighted by molar-refractivity contribution is 5.35. The molecule has 0 saturated heterocycles. The SMILES string of the molecule is CCC(NCc1cncn1CC)c1ccccc1OC. The average molecular weight is 273 g/mol. The Bertz CT molecular complexity index is 536. The lowest BCUT2D eigenvalue weighted by Crippen LogP contribution is -2.22. The number of aryl methyl sites for hydroxylation is 1. The Balaban J connectivity index is 2.09. The number of imidazole rings is 1. The van der Waals surface area contributed by atoms with Crippen LogP contribution in [0.5, 0.6) is 5.75 Å². The van der Waals surface area contributed by atoms with Gasteiger partial charge >= 0.3 is 0 Å². The second-order valence-corrected chi connectivity index (χ2v) is 4.75. The van der Waals surface area contributed by atoms with Crippen molar-refractivity contribution in [3.63, 3.8) is 0 Å². The summed E-state index contributed by atoms with van der Waals surface area (Å²) in [6.45, 7) is 6.07. The molecule has 0 aliphatic carbocycles. The number of aromatic nitrogens is 2. The third kappa shape index (κ3) is 3.20. The van der Waals surface area contributed by atoms with Crippen LogP contribution in [0, 0.1) is 0 Å². The quantitative estimate of drug-likeness (QED) is 0.842. The minimum absolute atomic E-state index is 0.284. The predicted molar refractivity (Wildman–Crippen MR) is 80.8 cm³/mol. The van der Waals surface area contributed by atoms with E-state index in [-0.39, 0.29) is 6.04 Å². The van der Waals surface area contributed by atoms with E-state index < -0.39 is 0 Å². The maximum absolute atomic E-state index is 5.45. The van der Waals surface area contributed by atoms with Crippen LogP contribution in [0.2, 0.25) is 0 Å². The van der Waals surface area contributed by atoms with Crippen molar-refractivity contribution in [3.05, 3.63) is 48.0 Å². The minimum Gasteiger partial charge on any atom is -0.496 e. The highest BCUT2D eigenvalue weighted by atomic mass is 16.5. The van der Waals surface area contributed by atoms with Crippen molar-refractivity contribution in [2.45, 2.75) is 39.4 Å². The summed E-state index contributed by atoms with van der Waals surface area (Å²) in [5, 5.41) is 3.60. The molecule has 0 amide bonds. The van der Waals surface area contributed by atoms with Crippen LogP contribution >= 0.6 is 0 Å². The van der Waals surface area contributed by atoms with Gasteiger partial charge in [0.05, 0.1) is 19.1 Å². The van der Waals surface area contributed by atoms with E-state index in [4.69, 9.17) is 4.74 Å². The van der Waals surface area contributed by atoms with Crippen LogP contribution in [-0.2, 0) is 13.1 Å². The van der Waals surface area contributed by atoms with Crippen molar-refractivity contribution in [3.8, 4) is 5.75 Å². The van der Waals surface area contributed by atoms with E-state index in [0.717, 1.165) is 25.3 Å². The van der Waals surface area contributed by atoms with Gasteiger partial charge in [-0.1, -0.05) is 25.1 Å². The van der Waals surface area contributed by atoms with Crippen molar-refractivity contribution in [2.75, 3.05) is 7.11 Å². The summed E-state index contributed by atoms with van der Waals surface area (Å²) in [7, 11) is 1.72. The van der Waals surface area contributed by atoms with Crippen LogP contribution in [0.4, 0.5) is 0 Å². The highest BCUT2D eigenvalue weighted by Crippen LogP contribution is 2.27. The van der Waals surface area contributed by atoms with E-state index >= 15 is 0 Å². The Morgan fingerprint density at radius 3 is 2.80 bits per heavy atom. The van der Waals surface area contributed by atoms with Crippen molar-refractivity contribution >= 4 is 0 Å². The molecule has 0 aliphatic rings. The van der Waals surface area contributed by atoms with Crippen LogP contribution in [0.15, 0.2) is 36.8 Å². The maximum atomic E-state index is 5.45. The average Bonchev–Trinajstić information content (AvgIpc) is 2.96. The molecule has 1 atom stereocenters. The van der Waals surface area contributed by atoms with Crippen molar-refractivity contribution in [1.29, 1.82) is 0 Å². The van der Waals surface area contributed by atoms with Gasteiger partial charge in [0, 0.05) is 30.9 Å². The molecule has 4 nitrogen and oxygen atoms in total. The Kier molecular flexibility index (Phi) is 5.18. The van der Waals surface area contributed by atoms with Crippen LogP contribution in [0.1, 0.15) is 37.6 Å². The van der Waals surface area contributed by atoms with Gasteiger partial charge < -0.3 is 14.6 Å². The largest absolute Gasteiger partial charge is 0.496 e. The van der Waals surface area contributed by atoms with Gasteiger partial charge in [-0.15, -0.1) is 0 Å². The van der Waals surface area contributed by atoms with Gasteiger partial charge in [0.15, 0.2) is 0 Å². The van der Waals surface area contributed by atoms with Crippen molar-refractivity contribution < 1.29 is 4.74 Å². The molecule has 1 unspecified atom stereocenters. The smallest absolute Gasteiger partial charge is 0.123 e. The number of benzene rings is 1. The predicted octanol–water partition coefficient (Wildman–Crippen LogP) is 3.15. The van der Waals surface area contributed by atoms with Gasteiger partial charge in [0.25, 0.3) is 0 Å². The number of nitrogens with one attached hydrogen (secondary N) is 1. The summed E-state index contributed by atoms with van der Waals surface area (Å²) in [6, 6.07) is 8.47. The van der Waals surface area contributed by atoms with E-state index in [9.17, 15) is 0 Å². The molecule has 1 aromatic heterocycles. The summed E-state index contributed by atoms with van der Waals surface area (Å²) in [4.78, 5) is 4.20. The second-order valence-electron chi connectivity index (χ2n) is 4.75. The lowest BCUT2D eigenvalue weighted by atomic mass is 10.0. The zero-order valence-corrected chi connectivity index (χ0v) is 12.5. The summed E-state index contributed by atoms with van der Waals surface area (Å²) < 4.78 is 7.61. The zero-order chi connectivity index (χ0) is 14.4. The van der Waals surface area contributed by atoms with E-state index in [2.05, 4.69) is 40.8 Å². The number of hydrogen-bond donors (Lipinski definition) is 1. The van der Waals surface area contributed by atoms with Crippen LogP contribution < -0.4 is 10.1 Å². The number of hydrogen-bond acceptors (Lipinski definition) is 3. The van der Waals surface area contributed by atoms with Gasteiger partial charge in [-0.05, 0) is 19.4 Å². The molecule has 2 rings (SSSR count). The van der Waals surface area contributed by atoms with Crippen LogP contribution in [-0.4, -0.2) is 16.7 Å². The highest BCUT2D eigenvalue weighted by Gasteiger charge is 2.14. The Labute approximate surface area is 120 Å². The Morgan fingerprint density at radius 2 is 2.10 bits per heavy atom. The first kappa shape index (κ1) is 14.6. The van der Waals surface area contributed by atoms with Gasteiger partial charge in [0.1, 0.15) is 5.75 Å². The molecule has 0 bridgehead atoms. The zero-order valence-electron chi connectivity index (χ0n) is 12.5. The summed E-state index contributed by atoms with van der Waals surface area (Å²) >= 11 is 0. The monoisotopic (exact) mass is 273 g/mol. The van der Waals surface area contributed by atoms with E-state index in [1.54, 1.807) is 7.11 Å². The first-order valence-corrected chi connectivity index (χ1v) is 7.15. The molecule has 1 heterocycles. The number of nitrogens with zero attached hydrogens (tertiary/aromatic N) is 2. The number of para-hydroxylation sites is 1. The molecule has 0 fully saturated rings. The molecule has 4 heteroatoms. The molecular formula is C16H23N3O.